The van der Waals surface area contributed by atoms with Gasteiger partial charge in [-0.1, -0.05) is 6.92 Å². The molecule has 2 aliphatic rings. The van der Waals surface area contributed by atoms with Crippen molar-refractivity contribution >= 4 is 5.78 Å². The summed E-state index contributed by atoms with van der Waals surface area (Å²) >= 11 is 0. The van der Waals surface area contributed by atoms with E-state index < -0.39 is 0 Å². The Labute approximate surface area is 70.3 Å². The van der Waals surface area contributed by atoms with Gasteiger partial charge in [0.15, 0.2) is 12.4 Å². The first-order chi connectivity index (χ1) is 5.68. The smallest absolute Gasteiger partial charge is 0.199 e. The second-order valence-corrected chi connectivity index (χ2v) is 3.23. The van der Waals surface area contributed by atoms with Crippen LogP contribution < -0.4 is 0 Å². The molecule has 0 aromatic carbocycles. The highest BCUT2D eigenvalue weighted by atomic mass is 16.5. The number of ether oxygens (including phenoxy) is 1. The van der Waals surface area contributed by atoms with Crippen molar-refractivity contribution in [3.8, 4) is 0 Å². The lowest BCUT2D eigenvalue weighted by molar-refractivity contribution is -0.116. The van der Waals surface area contributed by atoms with Crippen molar-refractivity contribution in [2.24, 2.45) is 5.92 Å². The molecule has 12 heavy (non-hydrogen) atoms. The van der Waals surface area contributed by atoms with Crippen LogP contribution in [0.1, 0.15) is 13.3 Å². The van der Waals surface area contributed by atoms with Crippen LogP contribution in [-0.4, -0.2) is 17.5 Å². The lowest BCUT2D eigenvalue weighted by atomic mass is 9.92. The van der Waals surface area contributed by atoms with Crippen LogP contribution in [-0.2, 0) is 9.53 Å². The molecule has 3 heteroatoms. The SMILES string of the molecule is CC1CC2=C(C=C1O)OCC2=O. The Balaban J connectivity index is 2.37. The second-order valence-electron chi connectivity index (χ2n) is 3.23. The Morgan fingerprint density at radius 3 is 3.17 bits per heavy atom. The highest BCUT2D eigenvalue weighted by Gasteiger charge is 2.29. The number of hydrogen-bond acceptors (Lipinski definition) is 3. The third-order valence-electron chi connectivity index (χ3n) is 2.29. The molecule has 0 saturated carbocycles. The third kappa shape index (κ3) is 0.932. The van der Waals surface area contributed by atoms with Crippen LogP contribution in [0, 0.1) is 5.92 Å². The van der Waals surface area contributed by atoms with Gasteiger partial charge in [-0.15, -0.1) is 0 Å². The van der Waals surface area contributed by atoms with Gasteiger partial charge in [0.25, 0.3) is 0 Å². The molecule has 1 N–H and O–H groups in total. The van der Waals surface area contributed by atoms with Gasteiger partial charge in [0.05, 0.1) is 5.76 Å². The molecule has 0 amide bonds. The average molecular weight is 166 g/mol. The number of hydrogen-bond donors (Lipinski definition) is 1. The molecule has 1 aliphatic carbocycles. The summed E-state index contributed by atoms with van der Waals surface area (Å²) in [5, 5.41) is 9.35. The van der Waals surface area contributed by atoms with Gasteiger partial charge in [-0.2, -0.15) is 0 Å². The van der Waals surface area contributed by atoms with Gasteiger partial charge < -0.3 is 9.84 Å². The molecule has 1 heterocycles. The molecule has 0 fully saturated rings. The van der Waals surface area contributed by atoms with Crippen LogP contribution >= 0.6 is 0 Å². The summed E-state index contributed by atoms with van der Waals surface area (Å²) in [4.78, 5) is 11.2. The van der Waals surface area contributed by atoms with Gasteiger partial charge in [-0.05, 0) is 6.42 Å². The first kappa shape index (κ1) is 7.40. The fraction of sp³-hybridized carbons (Fsp3) is 0.444. The highest BCUT2D eigenvalue weighted by Crippen LogP contribution is 2.31. The molecule has 0 aromatic rings. The Kier molecular flexibility index (Phi) is 1.46. The third-order valence-corrected chi connectivity index (χ3v) is 2.29. The van der Waals surface area contributed by atoms with Crippen molar-refractivity contribution in [1.29, 1.82) is 0 Å². The zero-order valence-corrected chi connectivity index (χ0v) is 6.83. The monoisotopic (exact) mass is 166 g/mol. The Morgan fingerprint density at radius 1 is 1.67 bits per heavy atom. The fourth-order valence-corrected chi connectivity index (χ4v) is 1.49. The molecule has 0 spiro atoms. The number of aliphatic hydroxyl groups is 1. The minimum atomic E-state index is 0.0504. The molecule has 1 aliphatic heterocycles. The van der Waals surface area contributed by atoms with Gasteiger partial charge in [0.1, 0.15) is 5.76 Å². The normalized spacial score (nSPS) is 28.2. The van der Waals surface area contributed by atoms with Crippen molar-refractivity contribution in [3.05, 3.63) is 23.2 Å². The van der Waals surface area contributed by atoms with Crippen LogP contribution in [0.3, 0.4) is 0 Å². The Bertz CT molecular complexity index is 299. The maximum Gasteiger partial charge on any atom is 0.199 e. The number of rotatable bonds is 0. The van der Waals surface area contributed by atoms with E-state index in [0.29, 0.717) is 17.9 Å². The molecule has 2 rings (SSSR count). The summed E-state index contributed by atoms with van der Waals surface area (Å²) in [6.07, 6.45) is 2.16. The summed E-state index contributed by atoms with van der Waals surface area (Å²) in [7, 11) is 0. The van der Waals surface area contributed by atoms with Crippen molar-refractivity contribution in [3.63, 3.8) is 0 Å². The van der Waals surface area contributed by atoms with Gasteiger partial charge >= 0.3 is 0 Å². The van der Waals surface area contributed by atoms with Crippen LogP contribution in [0.25, 0.3) is 0 Å². The Hall–Kier alpha value is -1.25. The number of carbonyl (C=O) groups is 1. The molecule has 64 valence electrons. The zero-order valence-electron chi connectivity index (χ0n) is 6.83. The zero-order chi connectivity index (χ0) is 8.72. The lowest BCUT2D eigenvalue weighted by Crippen LogP contribution is -2.10. The summed E-state index contributed by atoms with van der Waals surface area (Å²) in [6.45, 7) is 2.03. The topological polar surface area (TPSA) is 46.5 Å². The number of ketones is 1. The van der Waals surface area contributed by atoms with E-state index >= 15 is 0 Å². The summed E-state index contributed by atoms with van der Waals surface area (Å²) < 4.78 is 5.08. The van der Waals surface area contributed by atoms with Gasteiger partial charge in [0, 0.05) is 17.6 Å². The molecule has 0 radical (unpaired) electrons. The maximum atomic E-state index is 11.2. The standard InChI is InChI=1S/C9H10O3/c1-5-2-6-8(11)4-12-9(6)3-7(5)10/h3,5,10H,2,4H2,1H3. The molecule has 3 nitrogen and oxygen atoms in total. The van der Waals surface area contributed by atoms with E-state index in [4.69, 9.17) is 4.74 Å². The van der Waals surface area contributed by atoms with Crippen LogP contribution in [0.15, 0.2) is 23.2 Å². The van der Waals surface area contributed by atoms with Crippen molar-refractivity contribution < 1.29 is 14.6 Å². The number of allylic oxidation sites excluding steroid dienone is 2. The maximum absolute atomic E-state index is 11.2. The quantitative estimate of drug-likeness (QED) is 0.590. The van der Waals surface area contributed by atoms with Crippen molar-refractivity contribution in [2.45, 2.75) is 13.3 Å². The van der Waals surface area contributed by atoms with Gasteiger partial charge in [-0.25, -0.2) is 0 Å². The predicted molar refractivity (Wildman–Crippen MR) is 42.5 cm³/mol. The van der Waals surface area contributed by atoms with Gasteiger partial charge in [-0.3, -0.25) is 4.79 Å². The van der Waals surface area contributed by atoms with E-state index in [2.05, 4.69) is 0 Å². The van der Waals surface area contributed by atoms with E-state index in [1.807, 2.05) is 6.92 Å². The minimum absolute atomic E-state index is 0.0504. The average Bonchev–Trinajstić information content (AvgIpc) is 2.35. The molecule has 1 atom stereocenters. The number of carbonyl (C=O) groups excluding carboxylic acids is 1. The first-order valence-electron chi connectivity index (χ1n) is 3.98. The lowest BCUT2D eigenvalue weighted by Gasteiger charge is -2.15. The summed E-state index contributed by atoms with van der Waals surface area (Å²) in [5.74, 6) is 0.981. The molecular weight excluding hydrogens is 156 g/mol. The van der Waals surface area contributed by atoms with E-state index in [1.54, 1.807) is 6.08 Å². The van der Waals surface area contributed by atoms with Crippen LogP contribution in [0.5, 0.6) is 0 Å². The summed E-state index contributed by atoms with van der Waals surface area (Å²) in [6, 6.07) is 0. The number of Topliss-reactive ketones (excluding diaryl/α,β-unsaturated/α-hetero) is 1. The molecule has 0 saturated heterocycles. The van der Waals surface area contributed by atoms with Crippen molar-refractivity contribution in [2.75, 3.05) is 6.61 Å². The van der Waals surface area contributed by atoms with E-state index in [0.717, 1.165) is 5.57 Å². The number of aliphatic hydroxyl groups excluding tert-OH is 1. The molecule has 0 aromatic heterocycles. The van der Waals surface area contributed by atoms with Crippen molar-refractivity contribution in [1.82, 2.24) is 0 Å². The fourth-order valence-electron chi connectivity index (χ4n) is 1.49. The highest BCUT2D eigenvalue weighted by molar-refractivity contribution is 5.99. The molecular formula is C9H10O3. The van der Waals surface area contributed by atoms with E-state index in [1.165, 1.54) is 0 Å². The minimum Gasteiger partial charge on any atom is -0.512 e. The van der Waals surface area contributed by atoms with E-state index in [-0.39, 0.29) is 18.3 Å². The Morgan fingerprint density at radius 2 is 2.42 bits per heavy atom. The first-order valence-corrected chi connectivity index (χ1v) is 3.98. The van der Waals surface area contributed by atoms with Gasteiger partial charge in [0.2, 0.25) is 0 Å². The van der Waals surface area contributed by atoms with Crippen LogP contribution in [0.4, 0.5) is 0 Å². The largest absolute Gasteiger partial charge is 0.512 e. The molecule has 0 bridgehead atoms. The second kappa shape index (κ2) is 2.37. The summed E-state index contributed by atoms with van der Waals surface area (Å²) in [5.41, 5.74) is 0.736. The van der Waals surface area contributed by atoms with E-state index in [9.17, 15) is 9.90 Å². The molecule has 1 unspecified atom stereocenters. The predicted octanol–water partition coefficient (Wildman–Crippen LogP) is 1.32. The van der Waals surface area contributed by atoms with Crippen LogP contribution in [0.2, 0.25) is 0 Å².